The molecule has 0 unspecified atom stereocenters. The van der Waals surface area contributed by atoms with Gasteiger partial charge in [0, 0.05) is 0 Å². The molecule has 0 spiro atoms. The second-order valence-electron chi connectivity index (χ2n) is 10.5. The third-order valence-corrected chi connectivity index (χ3v) is 11.2. The van der Waals surface area contributed by atoms with Crippen molar-refractivity contribution in [1.82, 2.24) is 0 Å². The Morgan fingerprint density at radius 1 is 0.829 bits per heavy atom. The average molecular weight is 482 g/mol. The van der Waals surface area contributed by atoms with Gasteiger partial charge in [-0.05, 0) is 79.1 Å². The monoisotopic (exact) mass is 481 g/mol. The quantitative estimate of drug-likeness (QED) is 0.292. The van der Waals surface area contributed by atoms with Crippen molar-refractivity contribution < 1.29 is 5.11 Å². The molecule has 1 N–H and O–H groups in total. The third-order valence-electron chi connectivity index (χ3n) is 7.26. The highest BCUT2D eigenvalue weighted by atomic mass is 31.2. The summed E-state index contributed by atoms with van der Waals surface area (Å²) in [7, 11) is -1.98. The molecule has 0 bridgehead atoms. The maximum atomic E-state index is 10.3. The first-order valence-corrected chi connectivity index (χ1v) is 14.5. The second kappa shape index (κ2) is 10.9. The zero-order valence-electron chi connectivity index (χ0n) is 21.4. The van der Waals surface area contributed by atoms with E-state index in [4.69, 9.17) is 0 Å². The summed E-state index contributed by atoms with van der Waals surface area (Å²) in [6.45, 7) is 8.95. The van der Waals surface area contributed by atoms with Crippen LogP contribution in [0.4, 0.5) is 0 Å². The molecule has 1 aliphatic carbocycles. The van der Waals surface area contributed by atoms with Crippen LogP contribution in [0.15, 0.2) is 126 Å². The first kappa shape index (κ1) is 25.4. The van der Waals surface area contributed by atoms with Gasteiger partial charge in [-0.25, -0.2) is 0 Å². The molecule has 2 atom stereocenters. The molecule has 0 saturated heterocycles. The van der Waals surface area contributed by atoms with Gasteiger partial charge in [-0.2, -0.15) is 0 Å². The Morgan fingerprint density at radius 3 is 1.71 bits per heavy atom. The van der Waals surface area contributed by atoms with Crippen molar-refractivity contribution in [3.8, 4) is 0 Å². The largest absolute Gasteiger partial charge is 0.393 e. The lowest BCUT2D eigenvalue weighted by Gasteiger charge is -2.40. The van der Waals surface area contributed by atoms with Crippen LogP contribution >= 0.6 is 7.26 Å². The van der Waals surface area contributed by atoms with E-state index < -0.39 is 7.26 Å². The molecule has 3 aromatic carbocycles. The van der Waals surface area contributed by atoms with Gasteiger partial charge in [-0.1, -0.05) is 93.1 Å². The van der Waals surface area contributed by atoms with Crippen LogP contribution in [0.1, 0.15) is 40.5 Å². The fraction of sp³-hybridized carbons (Fsp3) is 0.273. The zero-order valence-corrected chi connectivity index (χ0v) is 22.3. The van der Waals surface area contributed by atoms with Gasteiger partial charge in [0.1, 0.15) is 23.2 Å². The maximum absolute atomic E-state index is 10.3. The summed E-state index contributed by atoms with van der Waals surface area (Å²) in [4.78, 5) is 0. The van der Waals surface area contributed by atoms with Crippen molar-refractivity contribution >= 4 is 23.2 Å². The minimum atomic E-state index is -1.98. The van der Waals surface area contributed by atoms with E-state index >= 15 is 0 Å². The molecule has 1 fully saturated rings. The number of rotatable bonds is 6. The van der Waals surface area contributed by atoms with Gasteiger partial charge in [0.05, 0.1) is 11.9 Å². The Kier molecular flexibility index (Phi) is 7.90. The maximum Gasteiger partial charge on any atom is 0.136 e. The van der Waals surface area contributed by atoms with Crippen LogP contribution in [0.3, 0.4) is 0 Å². The summed E-state index contributed by atoms with van der Waals surface area (Å²) in [5.74, 6) is 2.86. The molecule has 1 aliphatic rings. The van der Waals surface area contributed by atoms with Crippen molar-refractivity contribution in [1.29, 1.82) is 0 Å². The molecular weight excluding hydrogens is 443 g/mol. The molecule has 3 aromatic rings. The topological polar surface area (TPSA) is 20.2 Å². The molecule has 1 nitrogen and oxygen atoms in total. The smallest absolute Gasteiger partial charge is 0.136 e. The summed E-state index contributed by atoms with van der Waals surface area (Å²) < 4.78 is 0. The normalized spacial score (nSPS) is 22.0. The predicted octanol–water partition coefficient (Wildman–Crippen LogP) is 7.18. The zero-order chi connectivity index (χ0) is 24.9. The molecule has 0 radical (unpaired) electrons. The number of hydrogen-bond donors (Lipinski definition) is 1. The van der Waals surface area contributed by atoms with E-state index in [1.54, 1.807) is 0 Å². The van der Waals surface area contributed by atoms with E-state index in [0.29, 0.717) is 5.92 Å². The van der Waals surface area contributed by atoms with Crippen LogP contribution in [0.25, 0.3) is 0 Å². The van der Waals surface area contributed by atoms with Crippen LogP contribution in [0.2, 0.25) is 0 Å². The number of benzene rings is 3. The van der Waals surface area contributed by atoms with Crippen molar-refractivity contribution in [3.63, 3.8) is 0 Å². The SMILES string of the molecule is CC(C=C[P+](c1ccccc1)(c1ccccc1)c1ccccc1)=CC=C1[C@H](C)C[C@@H](O)CC1(C)C. The van der Waals surface area contributed by atoms with Crippen LogP contribution in [0, 0.1) is 11.3 Å². The number of aliphatic hydroxyl groups excluding tert-OH is 1. The molecule has 2 heteroatoms. The Balaban J connectivity index is 1.80. The van der Waals surface area contributed by atoms with Crippen molar-refractivity contribution in [2.75, 3.05) is 0 Å². The van der Waals surface area contributed by atoms with Gasteiger partial charge in [0.2, 0.25) is 0 Å². The minimum Gasteiger partial charge on any atom is -0.393 e. The van der Waals surface area contributed by atoms with E-state index in [-0.39, 0.29) is 11.5 Å². The Morgan fingerprint density at radius 2 is 1.29 bits per heavy atom. The summed E-state index contributed by atoms with van der Waals surface area (Å²) >= 11 is 0. The average Bonchev–Trinajstić information content (AvgIpc) is 2.85. The molecular formula is C33H38OP+. The second-order valence-corrected chi connectivity index (χ2v) is 13.7. The van der Waals surface area contributed by atoms with E-state index in [1.807, 2.05) is 0 Å². The van der Waals surface area contributed by atoms with E-state index in [0.717, 1.165) is 12.8 Å². The molecule has 1 saturated carbocycles. The lowest BCUT2D eigenvalue weighted by molar-refractivity contribution is 0.0769. The van der Waals surface area contributed by atoms with Gasteiger partial charge in [-0.3, -0.25) is 0 Å². The Labute approximate surface area is 212 Å². The number of allylic oxidation sites excluding steroid dienone is 5. The van der Waals surface area contributed by atoms with Gasteiger partial charge >= 0.3 is 0 Å². The van der Waals surface area contributed by atoms with Gasteiger partial charge in [-0.15, -0.1) is 0 Å². The lowest BCUT2D eigenvalue weighted by atomic mass is 9.67. The molecule has 180 valence electrons. The molecule has 4 rings (SSSR count). The first-order chi connectivity index (χ1) is 16.8. The summed E-state index contributed by atoms with van der Waals surface area (Å²) in [6, 6.07) is 32.8. The molecule has 0 heterocycles. The summed E-state index contributed by atoms with van der Waals surface area (Å²) in [6.07, 6.45) is 8.36. The highest BCUT2D eigenvalue weighted by Crippen LogP contribution is 2.57. The summed E-state index contributed by atoms with van der Waals surface area (Å²) in [5, 5.41) is 14.3. The van der Waals surface area contributed by atoms with Crippen LogP contribution in [-0.4, -0.2) is 11.2 Å². The van der Waals surface area contributed by atoms with Crippen molar-refractivity contribution in [2.24, 2.45) is 11.3 Å². The van der Waals surface area contributed by atoms with Gasteiger partial charge < -0.3 is 5.11 Å². The minimum absolute atomic E-state index is 0.0203. The standard InChI is InChI=1S/C33H38OP/c1-26(20-21-32-27(2)24-28(34)25-33(32,3)4)22-23-35(29-14-8-5-9-15-29,30-16-10-6-11-17-30)31-18-12-7-13-19-31/h5-23,27-28,34H,24-25H2,1-4H3/q+1/t27-,28-/m1/s1. The molecule has 35 heavy (non-hydrogen) atoms. The first-order valence-electron chi connectivity index (χ1n) is 12.6. The summed E-state index contributed by atoms with van der Waals surface area (Å²) in [5.41, 5.74) is 2.69. The molecule has 0 aromatic heterocycles. The van der Waals surface area contributed by atoms with E-state index in [1.165, 1.54) is 27.1 Å². The lowest BCUT2D eigenvalue weighted by Crippen LogP contribution is -2.33. The highest BCUT2D eigenvalue weighted by Gasteiger charge is 2.43. The van der Waals surface area contributed by atoms with Gasteiger partial charge in [0.25, 0.3) is 0 Å². The predicted molar refractivity (Wildman–Crippen MR) is 154 cm³/mol. The van der Waals surface area contributed by atoms with E-state index in [9.17, 15) is 5.11 Å². The van der Waals surface area contributed by atoms with E-state index in [2.05, 4.69) is 143 Å². The van der Waals surface area contributed by atoms with Crippen LogP contribution in [0.5, 0.6) is 0 Å². The van der Waals surface area contributed by atoms with Crippen LogP contribution < -0.4 is 15.9 Å². The Bertz CT molecular complexity index is 1090. The number of aliphatic hydroxyl groups is 1. The van der Waals surface area contributed by atoms with Crippen LogP contribution in [-0.2, 0) is 0 Å². The van der Waals surface area contributed by atoms with Crippen molar-refractivity contribution in [2.45, 2.75) is 46.6 Å². The fourth-order valence-corrected chi connectivity index (χ4v) is 9.38. The molecule has 0 amide bonds. The van der Waals surface area contributed by atoms with Crippen molar-refractivity contribution in [3.05, 3.63) is 126 Å². The molecule has 0 aliphatic heterocycles. The highest BCUT2D eigenvalue weighted by molar-refractivity contribution is 7.98. The Hall–Kier alpha value is -2.73. The number of hydrogen-bond acceptors (Lipinski definition) is 1. The van der Waals surface area contributed by atoms with Gasteiger partial charge in [0.15, 0.2) is 0 Å². The third kappa shape index (κ3) is 5.58. The fourth-order valence-electron chi connectivity index (χ4n) is 5.58.